The molecule has 0 spiro atoms. The van der Waals surface area contributed by atoms with E-state index >= 15 is 0 Å². The summed E-state index contributed by atoms with van der Waals surface area (Å²) in [5, 5.41) is 3.40. The molecule has 1 unspecified atom stereocenters. The van der Waals surface area contributed by atoms with E-state index in [9.17, 15) is 0 Å². The van der Waals surface area contributed by atoms with E-state index in [2.05, 4.69) is 38.0 Å². The van der Waals surface area contributed by atoms with Crippen LogP contribution in [0, 0.1) is 0 Å². The highest BCUT2D eigenvalue weighted by molar-refractivity contribution is 4.93. The predicted molar refractivity (Wildman–Crippen MR) is 62.6 cm³/mol. The molecule has 0 aliphatic carbocycles. The molecule has 0 saturated carbocycles. The summed E-state index contributed by atoms with van der Waals surface area (Å²) in [6.45, 7) is 9.52. The third-order valence-electron chi connectivity index (χ3n) is 4.24. The van der Waals surface area contributed by atoms with Gasteiger partial charge in [0.25, 0.3) is 0 Å². The fourth-order valence-corrected chi connectivity index (χ4v) is 2.85. The smallest absolute Gasteiger partial charge is 0.0204 e. The van der Waals surface area contributed by atoms with E-state index in [-0.39, 0.29) is 0 Å². The van der Waals surface area contributed by atoms with Gasteiger partial charge in [0.05, 0.1) is 0 Å². The Labute approximate surface area is 89.1 Å². The van der Waals surface area contributed by atoms with Gasteiger partial charge in [-0.3, -0.25) is 4.90 Å². The molecule has 0 amide bonds. The van der Waals surface area contributed by atoms with Crippen LogP contribution in [0.1, 0.15) is 46.5 Å². The minimum atomic E-state index is 0.478. The molecule has 1 atom stereocenters. The normalized spacial score (nSPS) is 24.4. The van der Waals surface area contributed by atoms with E-state index in [0.29, 0.717) is 5.54 Å². The van der Waals surface area contributed by atoms with Gasteiger partial charge in [0, 0.05) is 24.7 Å². The lowest BCUT2D eigenvalue weighted by Crippen LogP contribution is -2.47. The molecule has 0 radical (unpaired) electrons. The standard InChI is InChI=1S/C12H26N2/c1-5-12(6-2,7-3)14-9-8-11(10-14)13-4/h11,13H,5-10H2,1-4H3. The van der Waals surface area contributed by atoms with Crippen molar-refractivity contribution in [1.82, 2.24) is 10.2 Å². The average Bonchev–Trinajstić information content (AvgIpc) is 2.71. The number of hydrogen-bond donors (Lipinski definition) is 1. The Morgan fingerprint density at radius 1 is 1.21 bits per heavy atom. The van der Waals surface area contributed by atoms with Crippen molar-refractivity contribution in [2.75, 3.05) is 20.1 Å². The molecule has 0 aromatic rings. The lowest BCUT2D eigenvalue weighted by Gasteiger charge is -2.40. The summed E-state index contributed by atoms with van der Waals surface area (Å²) in [7, 11) is 2.08. The molecule has 0 aromatic carbocycles. The quantitative estimate of drug-likeness (QED) is 0.729. The largest absolute Gasteiger partial charge is 0.316 e. The van der Waals surface area contributed by atoms with Gasteiger partial charge in [-0.25, -0.2) is 0 Å². The molecule has 0 aromatic heterocycles. The van der Waals surface area contributed by atoms with Crippen LogP contribution in [0.5, 0.6) is 0 Å². The Bertz CT molecular complexity index is 155. The van der Waals surface area contributed by atoms with Crippen LogP contribution >= 0.6 is 0 Å². The highest BCUT2D eigenvalue weighted by Gasteiger charge is 2.35. The van der Waals surface area contributed by atoms with Gasteiger partial charge < -0.3 is 5.32 Å². The van der Waals surface area contributed by atoms with Gasteiger partial charge in [-0.1, -0.05) is 20.8 Å². The Hall–Kier alpha value is -0.0800. The molecule has 2 heteroatoms. The van der Waals surface area contributed by atoms with Crippen molar-refractivity contribution in [2.45, 2.75) is 58.0 Å². The summed E-state index contributed by atoms with van der Waals surface area (Å²) >= 11 is 0. The van der Waals surface area contributed by atoms with Gasteiger partial charge in [-0.05, 0) is 32.7 Å². The first kappa shape index (κ1) is 12.0. The fourth-order valence-electron chi connectivity index (χ4n) is 2.85. The second-order valence-electron chi connectivity index (χ2n) is 4.51. The predicted octanol–water partition coefficient (Wildman–Crippen LogP) is 2.25. The van der Waals surface area contributed by atoms with Crippen molar-refractivity contribution >= 4 is 0 Å². The maximum absolute atomic E-state index is 3.40. The second-order valence-corrected chi connectivity index (χ2v) is 4.51. The van der Waals surface area contributed by atoms with Crippen LogP contribution < -0.4 is 5.32 Å². The maximum Gasteiger partial charge on any atom is 0.0204 e. The van der Waals surface area contributed by atoms with Crippen LogP contribution in [0.2, 0.25) is 0 Å². The Balaban J connectivity index is 2.61. The van der Waals surface area contributed by atoms with Gasteiger partial charge in [0.1, 0.15) is 0 Å². The second kappa shape index (κ2) is 5.13. The lowest BCUT2D eigenvalue weighted by atomic mass is 9.88. The summed E-state index contributed by atoms with van der Waals surface area (Å²) in [4.78, 5) is 2.70. The van der Waals surface area contributed by atoms with E-state index in [4.69, 9.17) is 0 Å². The van der Waals surface area contributed by atoms with Gasteiger partial charge in [0.15, 0.2) is 0 Å². The van der Waals surface area contributed by atoms with E-state index in [1.807, 2.05) is 0 Å². The molecule has 1 heterocycles. The van der Waals surface area contributed by atoms with Crippen molar-refractivity contribution in [3.05, 3.63) is 0 Å². The highest BCUT2D eigenvalue weighted by Crippen LogP contribution is 2.30. The first-order valence-electron chi connectivity index (χ1n) is 6.14. The zero-order valence-electron chi connectivity index (χ0n) is 10.3. The molecule has 0 bridgehead atoms. The van der Waals surface area contributed by atoms with Crippen LogP contribution in [0.4, 0.5) is 0 Å². The molecule has 1 fully saturated rings. The fraction of sp³-hybridized carbons (Fsp3) is 1.00. The van der Waals surface area contributed by atoms with Crippen LogP contribution in [0.15, 0.2) is 0 Å². The highest BCUT2D eigenvalue weighted by atomic mass is 15.2. The van der Waals surface area contributed by atoms with Crippen molar-refractivity contribution in [3.63, 3.8) is 0 Å². The SMILES string of the molecule is CCC(CC)(CC)N1CCC(NC)C1. The molecule has 1 rings (SSSR count). The Morgan fingerprint density at radius 2 is 1.79 bits per heavy atom. The minimum absolute atomic E-state index is 0.478. The summed E-state index contributed by atoms with van der Waals surface area (Å²) < 4.78 is 0. The molecule has 1 N–H and O–H groups in total. The van der Waals surface area contributed by atoms with Crippen molar-refractivity contribution in [1.29, 1.82) is 0 Å². The maximum atomic E-state index is 3.40. The molecule has 1 saturated heterocycles. The molecular formula is C12H26N2. The zero-order valence-corrected chi connectivity index (χ0v) is 10.3. The average molecular weight is 198 g/mol. The molecule has 1 aliphatic heterocycles. The first-order chi connectivity index (χ1) is 6.72. The van der Waals surface area contributed by atoms with Gasteiger partial charge >= 0.3 is 0 Å². The van der Waals surface area contributed by atoms with Crippen molar-refractivity contribution in [2.24, 2.45) is 0 Å². The third-order valence-corrected chi connectivity index (χ3v) is 4.24. The van der Waals surface area contributed by atoms with Crippen LogP contribution in [0.25, 0.3) is 0 Å². The van der Waals surface area contributed by atoms with Gasteiger partial charge in [-0.15, -0.1) is 0 Å². The molecule has 84 valence electrons. The van der Waals surface area contributed by atoms with Crippen LogP contribution in [-0.2, 0) is 0 Å². The summed E-state index contributed by atoms with van der Waals surface area (Å²) in [6.07, 6.45) is 5.18. The molecule has 1 aliphatic rings. The number of hydrogen-bond acceptors (Lipinski definition) is 2. The number of nitrogens with one attached hydrogen (secondary N) is 1. The topological polar surface area (TPSA) is 15.3 Å². The summed E-state index contributed by atoms with van der Waals surface area (Å²) in [5.41, 5.74) is 0.478. The van der Waals surface area contributed by atoms with E-state index in [1.165, 1.54) is 38.8 Å². The van der Waals surface area contributed by atoms with Gasteiger partial charge in [-0.2, -0.15) is 0 Å². The van der Waals surface area contributed by atoms with Crippen molar-refractivity contribution < 1.29 is 0 Å². The molecular weight excluding hydrogens is 172 g/mol. The van der Waals surface area contributed by atoms with E-state index in [0.717, 1.165) is 6.04 Å². The van der Waals surface area contributed by atoms with E-state index in [1.54, 1.807) is 0 Å². The number of nitrogens with zero attached hydrogens (tertiary/aromatic N) is 1. The first-order valence-corrected chi connectivity index (χ1v) is 6.14. The van der Waals surface area contributed by atoms with Crippen LogP contribution in [-0.4, -0.2) is 36.6 Å². The zero-order chi connectivity index (χ0) is 10.6. The lowest BCUT2D eigenvalue weighted by molar-refractivity contribution is 0.0985. The number of likely N-dealkylation sites (tertiary alicyclic amines) is 1. The van der Waals surface area contributed by atoms with Gasteiger partial charge in [0.2, 0.25) is 0 Å². The monoisotopic (exact) mass is 198 g/mol. The minimum Gasteiger partial charge on any atom is -0.316 e. The van der Waals surface area contributed by atoms with E-state index < -0.39 is 0 Å². The molecule has 14 heavy (non-hydrogen) atoms. The third kappa shape index (κ3) is 2.12. The Kier molecular flexibility index (Phi) is 4.39. The summed E-state index contributed by atoms with van der Waals surface area (Å²) in [5.74, 6) is 0. The van der Waals surface area contributed by atoms with Crippen LogP contribution in [0.3, 0.4) is 0 Å². The summed E-state index contributed by atoms with van der Waals surface area (Å²) in [6, 6.07) is 0.721. The Morgan fingerprint density at radius 3 is 2.14 bits per heavy atom. The van der Waals surface area contributed by atoms with Crippen molar-refractivity contribution in [3.8, 4) is 0 Å². The number of likely N-dealkylation sites (N-methyl/N-ethyl adjacent to an activating group) is 1. The number of rotatable bonds is 5. The molecule has 2 nitrogen and oxygen atoms in total.